The number of rotatable bonds is 16. The van der Waals surface area contributed by atoms with Gasteiger partial charge in [-0.05, 0) is 42.9 Å². The van der Waals surface area contributed by atoms with E-state index in [1.54, 1.807) is 36.4 Å². The number of hydrogen-bond donors (Lipinski definition) is 2. The normalized spacial score (nSPS) is 25.6. The van der Waals surface area contributed by atoms with Gasteiger partial charge in [-0.15, -0.1) is 13.2 Å². The largest absolute Gasteiger partial charge is 0.455 e. The molecule has 49 heavy (non-hydrogen) atoms. The third-order valence-electron chi connectivity index (χ3n) is 10.3. The molecule has 2 N–H and O–H groups in total. The predicted octanol–water partition coefficient (Wildman–Crippen LogP) is 5.01. The van der Waals surface area contributed by atoms with Crippen LogP contribution in [0, 0.1) is 17.8 Å². The van der Waals surface area contributed by atoms with E-state index < -0.39 is 59.5 Å². The molecule has 8 atom stereocenters. The summed E-state index contributed by atoms with van der Waals surface area (Å²) in [5.74, 6) is -3.86. The van der Waals surface area contributed by atoms with E-state index in [-0.39, 0.29) is 37.9 Å². The van der Waals surface area contributed by atoms with Crippen molar-refractivity contribution in [1.29, 1.82) is 0 Å². The molecule has 262 valence electrons. The number of benzene rings is 2. The van der Waals surface area contributed by atoms with Crippen LogP contribution in [0.4, 0.5) is 5.69 Å². The molecule has 1 spiro atoms. The Bertz CT molecular complexity index is 1550. The molecule has 11 heteroatoms. The minimum absolute atomic E-state index is 0.0376. The average Bonchev–Trinajstić information content (AvgIpc) is 3.76. The molecule has 0 radical (unpaired) electrons. The second-order valence-corrected chi connectivity index (χ2v) is 13.5. The van der Waals surface area contributed by atoms with Crippen LogP contribution >= 0.6 is 11.6 Å². The summed E-state index contributed by atoms with van der Waals surface area (Å²) in [4.78, 5) is 59.3. The molecule has 0 saturated carbocycles. The van der Waals surface area contributed by atoms with Gasteiger partial charge >= 0.3 is 5.97 Å². The lowest BCUT2D eigenvalue weighted by molar-refractivity contribution is -0.161. The minimum Gasteiger partial charge on any atom is -0.455 e. The van der Waals surface area contributed by atoms with E-state index in [1.165, 1.54) is 9.80 Å². The number of halogens is 1. The van der Waals surface area contributed by atoms with E-state index in [9.17, 15) is 24.3 Å². The minimum atomic E-state index is -1.33. The number of allylic oxidation sites excluding steroid dienone is 1. The zero-order valence-corrected chi connectivity index (χ0v) is 28.9. The van der Waals surface area contributed by atoms with Crippen LogP contribution in [-0.4, -0.2) is 77.2 Å². The molecule has 3 aliphatic heterocycles. The molecule has 5 rings (SSSR count). The van der Waals surface area contributed by atoms with E-state index in [1.807, 2.05) is 44.2 Å². The van der Waals surface area contributed by atoms with E-state index in [2.05, 4.69) is 18.5 Å². The van der Waals surface area contributed by atoms with Gasteiger partial charge in [0.2, 0.25) is 11.8 Å². The van der Waals surface area contributed by atoms with Crippen molar-refractivity contribution >= 4 is 41.0 Å². The number of para-hydroxylation sites is 1. The van der Waals surface area contributed by atoms with Crippen LogP contribution < -0.4 is 10.2 Å². The second kappa shape index (κ2) is 15.7. The van der Waals surface area contributed by atoms with Gasteiger partial charge in [0.25, 0.3) is 5.91 Å². The summed E-state index contributed by atoms with van der Waals surface area (Å²) in [5.41, 5.74) is -0.191. The van der Waals surface area contributed by atoms with Crippen molar-refractivity contribution < 1.29 is 33.8 Å². The Morgan fingerprint density at radius 1 is 1.16 bits per heavy atom. The molecule has 0 aromatic heterocycles. The Morgan fingerprint density at radius 2 is 1.88 bits per heavy atom. The highest BCUT2D eigenvalue weighted by Crippen LogP contribution is 2.59. The summed E-state index contributed by atoms with van der Waals surface area (Å²) in [7, 11) is 0. The Morgan fingerprint density at radius 3 is 2.53 bits per heavy atom. The molecule has 0 unspecified atom stereocenters. The third kappa shape index (κ3) is 6.91. The molecule has 0 aliphatic carbocycles. The molecule has 2 aromatic rings. The van der Waals surface area contributed by atoms with Gasteiger partial charge in [0.15, 0.2) is 0 Å². The van der Waals surface area contributed by atoms with Gasteiger partial charge in [0.05, 0.1) is 47.8 Å². The first-order chi connectivity index (χ1) is 23.6. The van der Waals surface area contributed by atoms with Gasteiger partial charge < -0.3 is 29.7 Å². The van der Waals surface area contributed by atoms with Crippen LogP contribution in [-0.2, 0) is 28.7 Å². The topological polar surface area (TPSA) is 125 Å². The lowest BCUT2D eigenvalue weighted by atomic mass is 9.70. The summed E-state index contributed by atoms with van der Waals surface area (Å²) in [6, 6.07) is 14.2. The number of aliphatic hydroxyl groups is 1. The van der Waals surface area contributed by atoms with Gasteiger partial charge in [-0.3, -0.25) is 19.2 Å². The van der Waals surface area contributed by atoms with Gasteiger partial charge in [0.1, 0.15) is 17.7 Å². The van der Waals surface area contributed by atoms with Gasteiger partial charge in [0, 0.05) is 13.0 Å². The molecule has 10 nitrogen and oxygen atoms in total. The highest BCUT2D eigenvalue weighted by molar-refractivity contribution is 6.34. The summed E-state index contributed by atoms with van der Waals surface area (Å²) in [6.45, 7) is 11.2. The number of amides is 3. The van der Waals surface area contributed by atoms with Crippen LogP contribution in [0.3, 0.4) is 0 Å². The number of ether oxygens (including phenoxy) is 2. The van der Waals surface area contributed by atoms with Crippen LogP contribution in [0.15, 0.2) is 79.9 Å². The van der Waals surface area contributed by atoms with Crippen LogP contribution in [0.5, 0.6) is 0 Å². The number of anilines is 1. The van der Waals surface area contributed by atoms with Gasteiger partial charge in [-0.2, -0.15) is 0 Å². The molecule has 3 amide bonds. The Kier molecular flexibility index (Phi) is 11.6. The van der Waals surface area contributed by atoms with Crippen molar-refractivity contribution in [3.8, 4) is 0 Å². The van der Waals surface area contributed by atoms with Crippen LogP contribution in [0.1, 0.15) is 57.6 Å². The lowest BCUT2D eigenvalue weighted by Crippen LogP contribution is -2.60. The van der Waals surface area contributed by atoms with Crippen molar-refractivity contribution in [2.75, 3.05) is 24.6 Å². The fourth-order valence-electron chi connectivity index (χ4n) is 7.71. The summed E-state index contributed by atoms with van der Waals surface area (Å²) < 4.78 is 12.8. The van der Waals surface area contributed by atoms with E-state index >= 15 is 0 Å². The molecule has 3 heterocycles. The molecule has 2 bridgehead atoms. The molecule has 3 aliphatic rings. The van der Waals surface area contributed by atoms with Crippen molar-refractivity contribution in [3.63, 3.8) is 0 Å². The second-order valence-electron chi connectivity index (χ2n) is 13.1. The van der Waals surface area contributed by atoms with Crippen molar-refractivity contribution in [2.45, 2.75) is 75.8 Å². The fourth-order valence-corrected chi connectivity index (χ4v) is 7.94. The lowest BCUT2D eigenvalue weighted by Gasteiger charge is -2.41. The molecule has 3 fully saturated rings. The fraction of sp³-hybridized carbons (Fsp3) is 0.474. The first-order valence-electron chi connectivity index (χ1n) is 17.0. The summed E-state index contributed by atoms with van der Waals surface area (Å²) in [6.07, 6.45) is 3.98. The third-order valence-corrected chi connectivity index (χ3v) is 10.6. The molecular formula is C38H46ClN3O7. The Labute approximate surface area is 293 Å². The van der Waals surface area contributed by atoms with E-state index in [4.69, 9.17) is 21.1 Å². The maximum Gasteiger partial charge on any atom is 0.313 e. The average molecular weight is 692 g/mol. The number of esters is 1. The zero-order valence-electron chi connectivity index (χ0n) is 28.1. The van der Waals surface area contributed by atoms with Gasteiger partial charge in [-0.1, -0.05) is 86.5 Å². The highest BCUT2D eigenvalue weighted by atomic mass is 35.5. The van der Waals surface area contributed by atoms with Gasteiger partial charge in [-0.25, -0.2) is 0 Å². The van der Waals surface area contributed by atoms with Crippen molar-refractivity contribution in [2.24, 2.45) is 17.8 Å². The Balaban J connectivity index is 1.51. The first kappa shape index (κ1) is 36.3. The predicted molar refractivity (Wildman–Crippen MR) is 186 cm³/mol. The molecule has 2 aromatic carbocycles. The number of hydrogen-bond acceptors (Lipinski definition) is 7. The standard InChI is InChI=1S/C38H46ClN3O7/c1-5-8-18-31(44)40-22-30(25-14-10-9-11-15-25)48-37(47)32-29-19-20-38(49-29)33(32)35(45)42(28(23-43)24(4)7-3)34(38)36(46)41(21-6-2)27-17-13-12-16-26(27)39/h5-6,9-17,24,28-30,32-34,43H,1-2,7-8,18-23H2,3-4H3,(H,40,44)/t24-,28-,29+,30+,32-,33-,34+,38-/m0/s1. The first-order valence-corrected chi connectivity index (χ1v) is 17.4. The maximum atomic E-state index is 14.9. The number of aliphatic hydroxyl groups excluding tert-OH is 1. The number of carbonyl (C=O) groups is 4. The zero-order chi connectivity index (χ0) is 35.3. The highest BCUT2D eigenvalue weighted by Gasteiger charge is 2.76. The Hall–Kier alpha value is -3.99. The van der Waals surface area contributed by atoms with Crippen LogP contribution in [0.25, 0.3) is 0 Å². The smallest absolute Gasteiger partial charge is 0.313 e. The number of nitrogens with zero attached hydrogens (tertiary/aromatic N) is 2. The number of carbonyl (C=O) groups excluding carboxylic acids is 4. The van der Waals surface area contributed by atoms with Crippen molar-refractivity contribution in [1.82, 2.24) is 10.2 Å². The van der Waals surface area contributed by atoms with Crippen LogP contribution in [0.2, 0.25) is 5.02 Å². The summed E-state index contributed by atoms with van der Waals surface area (Å²) in [5, 5.41) is 13.9. The SMILES string of the molecule is C=CCCC(=O)NC[C@@H](OC(=O)[C@@H]1[C@H]2C(=O)N([C@@H](CO)[C@@H](C)CC)[C@H](C(=O)N(CC=C)c3ccccc3Cl)[C@]23CC[C@H]1O3)c1ccccc1. The quantitative estimate of drug-likeness (QED) is 0.187. The molecular weight excluding hydrogens is 646 g/mol. The maximum absolute atomic E-state index is 14.9. The van der Waals surface area contributed by atoms with E-state index in [0.717, 1.165) is 0 Å². The number of nitrogens with one attached hydrogen (secondary N) is 1. The molecule has 3 saturated heterocycles. The number of likely N-dealkylation sites (tertiary alicyclic amines) is 1. The monoisotopic (exact) mass is 691 g/mol. The summed E-state index contributed by atoms with van der Waals surface area (Å²) >= 11 is 6.58. The van der Waals surface area contributed by atoms with E-state index in [0.29, 0.717) is 42.0 Å². The number of fused-ring (bicyclic) bond motifs is 1. The van der Waals surface area contributed by atoms with Crippen molar-refractivity contribution in [3.05, 3.63) is 90.5 Å².